The van der Waals surface area contributed by atoms with Crippen LogP contribution < -0.4 is 20.3 Å². The molecule has 0 radical (unpaired) electrons. The van der Waals surface area contributed by atoms with Gasteiger partial charge in [-0.05, 0) is 53.8 Å². The standard InChI is InChI=1S/C21H30N6O4S/c1-14(2)10-11-31-17-9-8-15(12-18(17)30-3)20(29)23-22-19(28)13-32-21-24-25-26-27(21)16-6-4-5-7-16/h8-9,12,14,16H,4-7,10-11,13H2,1-3H3,(H,22,28)(H,23,29). The topological polar surface area (TPSA) is 120 Å². The van der Waals surface area contributed by atoms with Crippen molar-refractivity contribution in [2.24, 2.45) is 5.92 Å². The molecule has 1 aromatic heterocycles. The lowest BCUT2D eigenvalue weighted by Gasteiger charge is -2.13. The molecule has 10 nitrogen and oxygen atoms in total. The van der Waals surface area contributed by atoms with Crippen LogP contribution in [0, 0.1) is 5.92 Å². The van der Waals surface area contributed by atoms with E-state index in [1.165, 1.54) is 18.9 Å². The normalized spacial score (nSPS) is 13.9. The second-order valence-corrected chi connectivity index (χ2v) is 8.97. The van der Waals surface area contributed by atoms with E-state index in [4.69, 9.17) is 9.47 Å². The Bertz CT molecular complexity index is 913. The molecule has 1 saturated carbocycles. The molecule has 0 spiro atoms. The lowest BCUT2D eigenvalue weighted by Crippen LogP contribution is -2.42. The van der Waals surface area contributed by atoms with E-state index in [9.17, 15) is 9.59 Å². The van der Waals surface area contributed by atoms with Crippen LogP contribution in [0.3, 0.4) is 0 Å². The van der Waals surface area contributed by atoms with E-state index in [1.807, 2.05) is 0 Å². The summed E-state index contributed by atoms with van der Waals surface area (Å²) in [4.78, 5) is 24.6. The van der Waals surface area contributed by atoms with Gasteiger partial charge in [-0.3, -0.25) is 20.4 Å². The van der Waals surface area contributed by atoms with Crippen LogP contribution in [0.25, 0.3) is 0 Å². The molecular formula is C21H30N6O4S. The van der Waals surface area contributed by atoms with E-state index >= 15 is 0 Å². The highest BCUT2D eigenvalue weighted by molar-refractivity contribution is 7.99. The summed E-state index contributed by atoms with van der Waals surface area (Å²) in [5, 5.41) is 12.4. The first-order valence-electron chi connectivity index (χ1n) is 10.8. The predicted octanol–water partition coefficient (Wildman–Crippen LogP) is 2.78. The largest absolute Gasteiger partial charge is 0.493 e. The van der Waals surface area contributed by atoms with Crippen molar-refractivity contribution in [3.05, 3.63) is 23.8 Å². The molecule has 0 bridgehead atoms. The van der Waals surface area contributed by atoms with Crippen LogP contribution in [-0.4, -0.2) is 51.5 Å². The van der Waals surface area contributed by atoms with Gasteiger partial charge in [0.1, 0.15) is 0 Å². The molecule has 1 heterocycles. The van der Waals surface area contributed by atoms with Gasteiger partial charge in [-0.1, -0.05) is 38.5 Å². The molecule has 0 atom stereocenters. The number of aromatic nitrogens is 4. The van der Waals surface area contributed by atoms with E-state index < -0.39 is 5.91 Å². The molecule has 1 aromatic carbocycles. The Balaban J connectivity index is 1.47. The highest BCUT2D eigenvalue weighted by atomic mass is 32.2. The summed E-state index contributed by atoms with van der Waals surface area (Å²) >= 11 is 1.24. The second-order valence-electron chi connectivity index (χ2n) is 8.03. The second kappa shape index (κ2) is 11.7. The van der Waals surface area contributed by atoms with Gasteiger partial charge < -0.3 is 9.47 Å². The SMILES string of the molecule is COc1cc(C(=O)NNC(=O)CSc2nnnn2C2CCCC2)ccc1OCCC(C)C. The molecule has 3 rings (SSSR count). The summed E-state index contributed by atoms with van der Waals surface area (Å²) < 4.78 is 12.9. The average molecular weight is 463 g/mol. The van der Waals surface area contributed by atoms with Crippen molar-refractivity contribution >= 4 is 23.6 Å². The smallest absolute Gasteiger partial charge is 0.269 e. The highest BCUT2D eigenvalue weighted by Gasteiger charge is 2.22. The summed E-state index contributed by atoms with van der Waals surface area (Å²) in [5.74, 6) is 0.839. The number of rotatable bonds is 10. The summed E-state index contributed by atoms with van der Waals surface area (Å²) in [6.45, 7) is 4.81. The lowest BCUT2D eigenvalue weighted by atomic mass is 10.1. The summed E-state index contributed by atoms with van der Waals surface area (Å²) in [7, 11) is 1.52. The highest BCUT2D eigenvalue weighted by Crippen LogP contribution is 2.31. The third-order valence-electron chi connectivity index (χ3n) is 5.16. The van der Waals surface area contributed by atoms with Crippen LogP contribution in [0.4, 0.5) is 0 Å². The maximum Gasteiger partial charge on any atom is 0.269 e. The minimum absolute atomic E-state index is 0.0827. The Morgan fingerprint density at radius 3 is 2.72 bits per heavy atom. The predicted molar refractivity (Wildman–Crippen MR) is 120 cm³/mol. The number of nitrogens with one attached hydrogen (secondary N) is 2. The van der Waals surface area contributed by atoms with Gasteiger partial charge in [0.15, 0.2) is 11.5 Å². The number of amides is 2. The summed E-state index contributed by atoms with van der Waals surface area (Å²) in [6, 6.07) is 5.19. The third-order valence-corrected chi connectivity index (χ3v) is 6.09. The fourth-order valence-corrected chi connectivity index (χ4v) is 4.10. The van der Waals surface area contributed by atoms with E-state index in [1.54, 1.807) is 22.9 Å². The van der Waals surface area contributed by atoms with Crippen LogP contribution in [0.5, 0.6) is 11.5 Å². The van der Waals surface area contributed by atoms with Crippen LogP contribution >= 0.6 is 11.8 Å². The zero-order chi connectivity index (χ0) is 22.9. The molecule has 1 aliphatic rings. The van der Waals surface area contributed by atoms with Gasteiger partial charge in [-0.2, -0.15) is 0 Å². The van der Waals surface area contributed by atoms with Crippen LogP contribution in [0.15, 0.2) is 23.4 Å². The van der Waals surface area contributed by atoms with Gasteiger partial charge in [0.05, 0.1) is 25.5 Å². The molecule has 1 aliphatic carbocycles. The van der Waals surface area contributed by atoms with Gasteiger partial charge >= 0.3 is 0 Å². The van der Waals surface area contributed by atoms with Crippen LogP contribution in [0.2, 0.25) is 0 Å². The fourth-order valence-electron chi connectivity index (χ4n) is 3.36. The Morgan fingerprint density at radius 1 is 1.22 bits per heavy atom. The number of hydrazine groups is 1. The summed E-state index contributed by atoms with van der Waals surface area (Å²) in [5.41, 5.74) is 5.19. The zero-order valence-electron chi connectivity index (χ0n) is 18.7. The number of methoxy groups -OCH3 is 1. The third kappa shape index (κ3) is 6.59. The first kappa shape index (κ1) is 23.8. The molecule has 2 N–H and O–H groups in total. The monoisotopic (exact) mass is 462 g/mol. The lowest BCUT2D eigenvalue weighted by molar-refractivity contribution is -0.119. The first-order chi connectivity index (χ1) is 15.5. The summed E-state index contributed by atoms with van der Waals surface area (Å²) in [6.07, 6.45) is 5.34. The van der Waals surface area contributed by atoms with Gasteiger partial charge in [-0.15, -0.1) is 5.10 Å². The quantitative estimate of drug-likeness (QED) is 0.408. The molecule has 0 saturated heterocycles. The number of tetrazole rings is 1. The number of ether oxygens (including phenoxy) is 2. The first-order valence-corrected chi connectivity index (χ1v) is 11.8. The average Bonchev–Trinajstić information content (AvgIpc) is 3.47. The van der Waals surface area contributed by atoms with Gasteiger partial charge in [0, 0.05) is 5.56 Å². The van der Waals surface area contributed by atoms with Crippen molar-refractivity contribution < 1.29 is 19.1 Å². The van der Waals surface area contributed by atoms with Crippen molar-refractivity contribution in [1.29, 1.82) is 0 Å². The van der Waals surface area contributed by atoms with Crippen molar-refractivity contribution in [3.8, 4) is 11.5 Å². The molecule has 174 valence electrons. The number of nitrogens with zero attached hydrogens (tertiary/aromatic N) is 4. The van der Waals surface area contributed by atoms with E-state index in [0.29, 0.717) is 40.8 Å². The van der Waals surface area contributed by atoms with Crippen LogP contribution in [-0.2, 0) is 4.79 Å². The van der Waals surface area contributed by atoms with E-state index in [-0.39, 0.29) is 11.7 Å². The van der Waals surface area contributed by atoms with Crippen molar-refractivity contribution in [2.45, 2.75) is 57.1 Å². The molecule has 11 heteroatoms. The number of hydrogen-bond donors (Lipinski definition) is 2. The maximum atomic E-state index is 12.4. The van der Waals surface area contributed by atoms with Crippen molar-refractivity contribution in [1.82, 2.24) is 31.1 Å². The van der Waals surface area contributed by atoms with Gasteiger partial charge in [0.2, 0.25) is 11.1 Å². The Morgan fingerprint density at radius 2 is 2.00 bits per heavy atom. The van der Waals surface area contributed by atoms with Gasteiger partial charge in [-0.25, -0.2) is 4.68 Å². The number of carbonyl (C=O) groups excluding carboxylic acids is 2. The molecule has 2 amide bonds. The number of thioether (sulfide) groups is 1. The minimum atomic E-state index is -0.453. The number of carbonyl (C=O) groups is 2. The maximum absolute atomic E-state index is 12.4. The molecule has 0 unspecified atom stereocenters. The zero-order valence-corrected chi connectivity index (χ0v) is 19.5. The number of benzene rings is 1. The Hall–Kier alpha value is -2.82. The molecule has 0 aliphatic heterocycles. The Kier molecular flexibility index (Phi) is 8.72. The molecule has 32 heavy (non-hydrogen) atoms. The molecule has 1 fully saturated rings. The minimum Gasteiger partial charge on any atom is -0.493 e. The van der Waals surface area contributed by atoms with E-state index in [2.05, 4.69) is 40.2 Å². The van der Waals surface area contributed by atoms with E-state index in [0.717, 1.165) is 32.1 Å². The number of hydrogen-bond acceptors (Lipinski definition) is 8. The van der Waals surface area contributed by atoms with Crippen LogP contribution in [0.1, 0.15) is 62.4 Å². The molecule has 2 aromatic rings. The fraction of sp³-hybridized carbons (Fsp3) is 0.571. The van der Waals surface area contributed by atoms with Crippen molar-refractivity contribution in [2.75, 3.05) is 19.5 Å². The van der Waals surface area contributed by atoms with Gasteiger partial charge in [0.25, 0.3) is 5.91 Å². The molecular weight excluding hydrogens is 432 g/mol. The Labute approximate surface area is 191 Å². The van der Waals surface area contributed by atoms with Crippen molar-refractivity contribution in [3.63, 3.8) is 0 Å².